The van der Waals surface area contributed by atoms with Crippen LogP contribution in [-0.2, 0) is 18.0 Å². The lowest BCUT2D eigenvalue weighted by Crippen LogP contribution is -2.52. The number of halogens is 3. The predicted octanol–water partition coefficient (Wildman–Crippen LogP) is 2.34. The van der Waals surface area contributed by atoms with Crippen molar-refractivity contribution in [3.63, 3.8) is 0 Å². The Balaban J connectivity index is 1.15. The minimum atomic E-state index is -4.40. The Kier molecular flexibility index (Phi) is 5.74. The first-order valence-electron chi connectivity index (χ1n) is 11.3. The summed E-state index contributed by atoms with van der Waals surface area (Å²) in [5, 5.41) is 5.16. The molecule has 0 aliphatic carbocycles. The second-order valence-electron chi connectivity index (χ2n) is 8.68. The molecule has 3 aromatic rings. The molecule has 2 aliphatic rings. The monoisotopic (exact) mass is 474 g/mol. The molecular weight excluding hydrogens is 449 g/mol. The highest BCUT2D eigenvalue weighted by Crippen LogP contribution is 2.31. The van der Waals surface area contributed by atoms with Crippen molar-refractivity contribution in [1.29, 1.82) is 0 Å². The van der Waals surface area contributed by atoms with E-state index in [1.54, 1.807) is 10.9 Å². The molecule has 0 bridgehead atoms. The molecule has 0 radical (unpaired) electrons. The van der Waals surface area contributed by atoms with Crippen LogP contribution in [0.15, 0.2) is 30.9 Å². The number of aryl methyl sites for hydroxylation is 1. The van der Waals surface area contributed by atoms with Crippen LogP contribution in [0.4, 0.5) is 24.8 Å². The third kappa shape index (κ3) is 4.24. The highest BCUT2D eigenvalue weighted by atomic mass is 19.4. The molecule has 0 unspecified atom stereocenters. The Morgan fingerprint density at radius 3 is 2.32 bits per heavy atom. The van der Waals surface area contributed by atoms with Crippen LogP contribution in [0, 0.1) is 5.92 Å². The number of piperidine rings is 1. The van der Waals surface area contributed by atoms with Crippen molar-refractivity contribution in [2.75, 3.05) is 49.1 Å². The molecule has 1 amide bonds. The molecule has 0 spiro atoms. The Morgan fingerprint density at radius 2 is 1.68 bits per heavy atom. The maximum Gasteiger partial charge on any atom is 0.417 e. The molecule has 0 atom stereocenters. The average molecular weight is 474 g/mol. The van der Waals surface area contributed by atoms with E-state index in [9.17, 15) is 18.0 Å². The SMILES string of the molecule is Cn1ncc2c(N3CCN(C(=O)C4CCN(c5ccc(C(F)(F)F)cn5)CC4)CC3)ncnc21. The fourth-order valence-electron chi connectivity index (χ4n) is 4.69. The van der Waals surface area contributed by atoms with Crippen molar-refractivity contribution in [2.45, 2.75) is 19.0 Å². The van der Waals surface area contributed by atoms with Crippen LogP contribution in [0.3, 0.4) is 0 Å². The van der Waals surface area contributed by atoms with Gasteiger partial charge in [0.05, 0.1) is 17.1 Å². The molecule has 2 saturated heterocycles. The van der Waals surface area contributed by atoms with Crippen LogP contribution in [0.2, 0.25) is 0 Å². The van der Waals surface area contributed by atoms with Gasteiger partial charge < -0.3 is 14.7 Å². The van der Waals surface area contributed by atoms with Gasteiger partial charge in [-0.15, -0.1) is 0 Å². The average Bonchev–Trinajstić information content (AvgIpc) is 3.24. The molecule has 9 nitrogen and oxygen atoms in total. The number of carbonyl (C=O) groups is 1. The first-order valence-corrected chi connectivity index (χ1v) is 11.3. The van der Waals surface area contributed by atoms with Crippen LogP contribution in [-0.4, -0.2) is 74.8 Å². The summed E-state index contributed by atoms with van der Waals surface area (Å²) >= 11 is 0. The molecule has 34 heavy (non-hydrogen) atoms. The van der Waals surface area contributed by atoms with Gasteiger partial charge in [-0.05, 0) is 25.0 Å². The van der Waals surface area contributed by atoms with Crippen molar-refractivity contribution in [2.24, 2.45) is 13.0 Å². The normalized spacial score (nSPS) is 18.1. The highest BCUT2D eigenvalue weighted by Gasteiger charge is 2.33. The second kappa shape index (κ2) is 8.73. The van der Waals surface area contributed by atoms with Gasteiger partial charge in [-0.2, -0.15) is 18.3 Å². The summed E-state index contributed by atoms with van der Waals surface area (Å²) in [6, 6.07) is 2.45. The van der Waals surface area contributed by atoms with E-state index in [1.165, 1.54) is 12.4 Å². The van der Waals surface area contributed by atoms with Gasteiger partial charge in [-0.1, -0.05) is 0 Å². The predicted molar refractivity (Wildman–Crippen MR) is 119 cm³/mol. The smallest absolute Gasteiger partial charge is 0.357 e. The number of rotatable bonds is 3. The molecule has 0 N–H and O–H groups in total. The Labute approximate surface area is 194 Å². The van der Waals surface area contributed by atoms with E-state index in [2.05, 4.69) is 25.0 Å². The van der Waals surface area contributed by atoms with Crippen molar-refractivity contribution < 1.29 is 18.0 Å². The molecule has 2 aliphatic heterocycles. The topological polar surface area (TPSA) is 83.3 Å². The third-order valence-corrected chi connectivity index (χ3v) is 6.64. The molecule has 0 saturated carbocycles. The van der Waals surface area contributed by atoms with E-state index in [-0.39, 0.29) is 11.8 Å². The van der Waals surface area contributed by atoms with E-state index in [4.69, 9.17) is 0 Å². The number of fused-ring (bicyclic) bond motifs is 1. The first-order chi connectivity index (χ1) is 16.3. The number of aromatic nitrogens is 5. The lowest BCUT2D eigenvalue weighted by molar-refractivity contribution is -0.138. The fourth-order valence-corrected chi connectivity index (χ4v) is 4.69. The van der Waals surface area contributed by atoms with E-state index < -0.39 is 11.7 Å². The number of amides is 1. The third-order valence-electron chi connectivity index (χ3n) is 6.64. The summed E-state index contributed by atoms with van der Waals surface area (Å²) in [6.07, 6.45) is 1.08. The number of nitrogens with zero attached hydrogens (tertiary/aromatic N) is 8. The summed E-state index contributed by atoms with van der Waals surface area (Å²) in [7, 11) is 1.84. The van der Waals surface area contributed by atoms with Crippen LogP contribution in [0.1, 0.15) is 18.4 Å². The molecule has 180 valence electrons. The zero-order chi connectivity index (χ0) is 23.9. The Bertz CT molecular complexity index is 1160. The molecule has 12 heteroatoms. The van der Waals surface area contributed by atoms with Gasteiger partial charge in [0.15, 0.2) is 5.65 Å². The zero-order valence-electron chi connectivity index (χ0n) is 18.7. The maximum atomic E-state index is 13.1. The minimum absolute atomic E-state index is 0.0821. The van der Waals surface area contributed by atoms with Gasteiger partial charge in [-0.3, -0.25) is 9.48 Å². The van der Waals surface area contributed by atoms with Gasteiger partial charge in [0.1, 0.15) is 18.0 Å². The summed E-state index contributed by atoms with van der Waals surface area (Å²) in [4.78, 5) is 31.8. The van der Waals surface area contributed by atoms with Crippen LogP contribution in [0.25, 0.3) is 11.0 Å². The van der Waals surface area contributed by atoms with Gasteiger partial charge in [0.2, 0.25) is 5.91 Å². The number of anilines is 2. The summed E-state index contributed by atoms with van der Waals surface area (Å²) in [5.74, 6) is 1.41. The highest BCUT2D eigenvalue weighted by molar-refractivity contribution is 5.87. The Morgan fingerprint density at radius 1 is 0.941 bits per heavy atom. The molecule has 0 aromatic carbocycles. The Hall–Kier alpha value is -3.44. The van der Waals surface area contributed by atoms with Gasteiger partial charge in [0, 0.05) is 58.4 Å². The number of piperazine rings is 1. The van der Waals surface area contributed by atoms with E-state index in [1.807, 2.05) is 16.8 Å². The second-order valence-corrected chi connectivity index (χ2v) is 8.68. The van der Waals surface area contributed by atoms with E-state index >= 15 is 0 Å². The fraction of sp³-hybridized carbons (Fsp3) is 0.500. The summed E-state index contributed by atoms with van der Waals surface area (Å²) < 4.78 is 40.0. The molecule has 2 fully saturated rings. The van der Waals surface area contributed by atoms with Gasteiger partial charge in [-0.25, -0.2) is 15.0 Å². The maximum absolute atomic E-state index is 13.1. The number of hydrogen-bond acceptors (Lipinski definition) is 7. The molecule has 3 aromatic heterocycles. The van der Waals surface area contributed by atoms with Crippen LogP contribution < -0.4 is 9.80 Å². The van der Waals surface area contributed by atoms with E-state index in [0.717, 1.165) is 29.1 Å². The lowest BCUT2D eigenvalue weighted by Gasteiger charge is -2.39. The van der Waals surface area contributed by atoms with E-state index in [0.29, 0.717) is 57.9 Å². The minimum Gasteiger partial charge on any atom is -0.357 e. The largest absolute Gasteiger partial charge is 0.417 e. The first kappa shape index (κ1) is 22.4. The van der Waals surface area contributed by atoms with Crippen LogP contribution in [0.5, 0.6) is 0 Å². The quantitative estimate of drug-likeness (QED) is 0.576. The zero-order valence-corrected chi connectivity index (χ0v) is 18.7. The number of carbonyl (C=O) groups excluding carboxylic acids is 1. The van der Waals surface area contributed by atoms with Crippen molar-refractivity contribution >= 4 is 28.6 Å². The van der Waals surface area contributed by atoms with Crippen LogP contribution >= 0.6 is 0 Å². The van der Waals surface area contributed by atoms with Gasteiger partial charge >= 0.3 is 6.18 Å². The van der Waals surface area contributed by atoms with Crippen molar-refractivity contribution in [3.8, 4) is 0 Å². The molecule has 5 rings (SSSR count). The van der Waals surface area contributed by atoms with Crippen molar-refractivity contribution in [3.05, 3.63) is 36.4 Å². The van der Waals surface area contributed by atoms with Crippen molar-refractivity contribution in [1.82, 2.24) is 29.6 Å². The van der Waals surface area contributed by atoms with Gasteiger partial charge in [0.25, 0.3) is 0 Å². The molecule has 5 heterocycles. The number of pyridine rings is 1. The number of alkyl halides is 3. The summed E-state index contributed by atoms with van der Waals surface area (Å²) in [6.45, 7) is 3.78. The number of hydrogen-bond donors (Lipinski definition) is 0. The lowest BCUT2D eigenvalue weighted by atomic mass is 9.95. The molecular formula is C22H25F3N8O. The standard InChI is InChI=1S/C22H25F3N8O/c1-30-19-17(13-29-30)20(28-14-27-19)32-8-10-33(11-9-32)21(34)15-4-6-31(7-5-15)18-3-2-16(12-26-18)22(23,24)25/h2-3,12-15H,4-11H2,1H3. The summed E-state index contributed by atoms with van der Waals surface area (Å²) in [5.41, 5.74) is 0.0180.